The van der Waals surface area contributed by atoms with Gasteiger partial charge in [0, 0.05) is 11.8 Å². The Morgan fingerprint density at radius 2 is 1.47 bits per heavy atom. The Morgan fingerprint density at radius 1 is 0.812 bits per heavy atom. The van der Waals surface area contributed by atoms with Gasteiger partial charge in [0.25, 0.3) is 5.91 Å². The molecule has 0 aliphatic carbocycles. The maximum atomic E-state index is 12.2. The van der Waals surface area contributed by atoms with Gasteiger partial charge in [0.2, 0.25) is 0 Å². The highest BCUT2D eigenvalue weighted by Gasteiger charge is 2.15. The van der Waals surface area contributed by atoms with Crippen LogP contribution in [0, 0.1) is 0 Å². The molecule has 0 aliphatic rings. The Hall–Kier alpha value is -3.95. The number of urea groups is 1. The van der Waals surface area contributed by atoms with E-state index in [2.05, 4.69) is 10.6 Å². The smallest absolute Gasteiger partial charge is 0.338 e. The summed E-state index contributed by atoms with van der Waals surface area (Å²) in [6, 6.07) is 8.48. The van der Waals surface area contributed by atoms with E-state index in [1.54, 1.807) is 18.2 Å². The van der Waals surface area contributed by atoms with Gasteiger partial charge in [-0.3, -0.25) is 10.1 Å². The molecule has 0 aromatic heterocycles. The van der Waals surface area contributed by atoms with E-state index in [1.807, 2.05) is 13.8 Å². The molecule has 0 bridgehead atoms. The van der Waals surface area contributed by atoms with E-state index in [0.29, 0.717) is 41.9 Å². The van der Waals surface area contributed by atoms with Crippen molar-refractivity contribution in [1.29, 1.82) is 0 Å². The van der Waals surface area contributed by atoms with Crippen molar-refractivity contribution in [1.82, 2.24) is 5.32 Å². The van der Waals surface area contributed by atoms with E-state index in [4.69, 9.17) is 23.7 Å². The Kier molecular flexibility index (Phi) is 9.15. The molecule has 2 N–H and O–H groups in total. The zero-order valence-electron chi connectivity index (χ0n) is 18.4. The van der Waals surface area contributed by atoms with Crippen LogP contribution in [0.1, 0.15) is 24.2 Å². The van der Waals surface area contributed by atoms with Crippen LogP contribution in [0.25, 0.3) is 0 Å². The van der Waals surface area contributed by atoms with Gasteiger partial charge in [-0.15, -0.1) is 0 Å². The minimum absolute atomic E-state index is 0.165. The quantitative estimate of drug-likeness (QED) is 0.534. The van der Waals surface area contributed by atoms with Gasteiger partial charge in [-0.25, -0.2) is 9.59 Å². The molecule has 2 aromatic carbocycles. The van der Waals surface area contributed by atoms with Gasteiger partial charge >= 0.3 is 12.0 Å². The van der Waals surface area contributed by atoms with Gasteiger partial charge in [0.15, 0.2) is 29.6 Å². The van der Waals surface area contributed by atoms with Gasteiger partial charge in [0.05, 0.1) is 33.0 Å². The van der Waals surface area contributed by atoms with E-state index in [1.165, 1.54) is 32.4 Å². The van der Waals surface area contributed by atoms with E-state index >= 15 is 0 Å². The third-order valence-electron chi connectivity index (χ3n) is 4.01. The lowest BCUT2D eigenvalue weighted by Crippen LogP contribution is -2.37. The molecule has 10 nitrogen and oxygen atoms in total. The van der Waals surface area contributed by atoms with Crippen molar-refractivity contribution >= 4 is 23.6 Å². The third kappa shape index (κ3) is 6.79. The summed E-state index contributed by atoms with van der Waals surface area (Å²) in [4.78, 5) is 36.2. The second-order valence-electron chi connectivity index (χ2n) is 6.18. The fraction of sp³-hybridized carbons (Fsp3) is 0.318. The maximum absolute atomic E-state index is 12.2. The number of carbonyl (C=O) groups is 3. The van der Waals surface area contributed by atoms with Crippen molar-refractivity contribution in [2.45, 2.75) is 13.8 Å². The number of nitrogens with one attached hydrogen (secondary N) is 2. The molecule has 0 aliphatic heterocycles. The van der Waals surface area contributed by atoms with E-state index < -0.39 is 24.5 Å². The molecule has 2 rings (SSSR count). The molecular weight excluding hydrogens is 420 g/mol. The average molecular weight is 446 g/mol. The number of hydrogen-bond acceptors (Lipinski definition) is 8. The van der Waals surface area contributed by atoms with Crippen LogP contribution >= 0.6 is 0 Å². The van der Waals surface area contributed by atoms with Crippen LogP contribution in [0.2, 0.25) is 0 Å². The molecule has 0 fully saturated rings. The lowest BCUT2D eigenvalue weighted by atomic mass is 10.2. The van der Waals surface area contributed by atoms with Crippen LogP contribution in [0.5, 0.6) is 23.0 Å². The summed E-state index contributed by atoms with van der Waals surface area (Å²) >= 11 is 0. The minimum Gasteiger partial charge on any atom is -0.493 e. The normalized spacial score (nSPS) is 10.0. The summed E-state index contributed by atoms with van der Waals surface area (Å²) < 4.78 is 26.1. The van der Waals surface area contributed by atoms with Crippen LogP contribution in [0.4, 0.5) is 10.5 Å². The molecule has 3 amide bonds. The number of rotatable bonds is 10. The zero-order chi connectivity index (χ0) is 23.5. The second kappa shape index (κ2) is 12.0. The lowest BCUT2D eigenvalue weighted by Gasteiger charge is -2.13. The maximum Gasteiger partial charge on any atom is 0.338 e. The SMILES string of the molecule is CCOc1ccc(NC(=O)NC(=O)COC(=O)c2ccc(OC)c(OC)c2)cc1OCC. The molecule has 2 aromatic rings. The van der Waals surface area contributed by atoms with Crippen LogP contribution in [-0.2, 0) is 9.53 Å². The number of esters is 1. The van der Waals surface area contributed by atoms with E-state index in [9.17, 15) is 14.4 Å². The summed E-state index contributed by atoms with van der Waals surface area (Å²) in [6.45, 7) is 3.90. The molecule has 0 saturated carbocycles. The monoisotopic (exact) mass is 446 g/mol. The highest BCUT2D eigenvalue weighted by Crippen LogP contribution is 2.30. The molecule has 0 unspecified atom stereocenters. The fourth-order valence-electron chi connectivity index (χ4n) is 2.63. The van der Waals surface area contributed by atoms with Crippen LogP contribution in [0.3, 0.4) is 0 Å². The Bertz CT molecular complexity index is 961. The number of carbonyl (C=O) groups excluding carboxylic acids is 3. The lowest BCUT2D eigenvalue weighted by molar-refractivity contribution is -0.123. The molecule has 0 heterocycles. The highest BCUT2D eigenvalue weighted by atomic mass is 16.5. The molecule has 32 heavy (non-hydrogen) atoms. The number of amides is 3. The molecular formula is C22H26N2O8. The topological polar surface area (TPSA) is 121 Å². The number of benzene rings is 2. The predicted molar refractivity (Wildman–Crippen MR) is 116 cm³/mol. The van der Waals surface area contributed by atoms with Gasteiger partial charge in [0.1, 0.15) is 0 Å². The van der Waals surface area contributed by atoms with Gasteiger partial charge in [-0.1, -0.05) is 0 Å². The minimum atomic E-state index is -0.799. The molecule has 0 atom stereocenters. The average Bonchev–Trinajstić information content (AvgIpc) is 2.78. The first-order valence-corrected chi connectivity index (χ1v) is 9.81. The van der Waals surface area contributed by atoms with Crippen molar-refractivity contribution < 1.29 is 38.1 Å². The standard InChI is InChI=1S/C22H26N2O8/c1-5-30-17-10-8-15(12-19(17)31-6-2)23-22(27)24-20(25)13-32-21(26)14-7-9-16(28-3)18(11-14)29-4/h7-12H,5-6,13H2,1-4H3,(H2,23,24,25,27). The number of anilines is 1. The molecule has 0 saturated heterocycles. The largest absolute Gasteiger partial charge is 0.493 e. The van der Waals surface area contributed by atoms with Gasteiger partial charge < -0.3 is 29.0 Å². The summed E-state index contributed by atoms with van der Waals surface area (Å²) in [5, 5.41) is 4.59. The summed E-state index contributed by atoms with van der Waals surface area (Å²) in [7, 11) is 2.90. The highest BCUT2D eigenvalue weighted by molar-refractivity contribution is 6.02. The number of hydrogen-bond donors (Lipinski definition) is 2. The van der Waals surface area contributed by atoms with E-state index in [0.717, 1.165) is 0 Å². The Morgan fingerprint density at radius 3 is 2.12 bits per heavy atom. The Labute approximate surface area is 185 Å². The number of ether oxygens (including phenoxy) is 5. The summed E-state index contributed by atoms with van der Waals surface area (Å²) in [5.41, 5.74) is 0.558. The molecule has 0 radical (unpaired) electrons. The van der Waals surface area contributed by atoms with Gasteiger partial charge in [-0.2, -0.15) is 0 Å². The fourth-order valence-corrected chi connectivity index (χ4v) is 2.63. The van der Waals surface area contributed by atoms with Crippen molar-refractivity contribution in [2.24, 2.45) is 0 Å². The van der Waals surface area contributed by atoms with Crippen molar-refractivity contribution in [2.75, 3.05) is 39.4 Å². The first-order chi connectivity index (χ1) is 15.4. The number of imide groups is 1. The molecule has 10 heteroatoms. The summed E-state index contributed by atoms with van der Waals surface area (Å²) in [5.74, 6) is 0.232. The summed E-state index contributed by atoms with van der Waals surface area (Å²) in [6.07, 6.45) is 0. The van der Waals surface area contributed by atoms with Crippen LogP contribution in [0.15, 0.2) is 36.4 Å². The third-order valence-corrected chi connectivity index (χ3v) is 4.01. The van der Waals surface area contributed by atoms with Gasteiger partial charge in [-0.05, 0) is 44.2 Å². The first kappa shape index (κ1) is 24.3. The molecule has 0 spiro atoms. The van der Waals surface area contributed by atoms with Crippen molar-refractivity contribution in [3.8, 4) is 23.0 Å². The zero-order valence-corrected chi connectivity index (χ0v) is 18.4. The number of methoxy groups -OCH3 is 2. The van der Waals surface area contributed by atoms with E-state index in [-0.39, 0.29) is 5.56 Å². The molecule has 172 valence electrons. The van der Waals surface area contributed by atoms with Crippen molar-refractivity contribution in [3.63, 3.8) is 0 Å². The first-order valence-electron chi connectivity index (χ1n) is 9.81. The van der Waals surface area contributed by atoms with Crippen molar-refractivity contribution in [3.05, 3.63) is 42.0 Å². The van der Waals surface area contributed by atoms with Crippen LogP contribution < -0.4 is 29.6 Å². The predicted octanol–water partition coefficient (Wildman–Crippen LogP) is 3.01. The van der Waals surface area contributed by atoms with Crippen LogP contribution in [-0.4, -0.2) is 51.9 Å². The Balaban J connectivity index is 1.90. The second-order valence-corrected chi connectivity index (χ2v) is 6.18.